The highest BCUT2D eigenvalue weighted by atomic mass is 16.2. The van der Waals surface area contributed by atoms with E-state index in [1.807, 2.05) is 24.8 Å². The molecule has 1 N–H and O–H groups in total. The Morgan fingerprint density at radius 3 is 2.43 bits per heavy atom. The molecular weight excluding hydrogens is 262 g/mol. The standard InChI is InChI=1S/C17H21N3O/c1-12-16(13(2)19-18-12)17(21)20-10-8-15(9-11-20)14-6-4-3-5-7-14/h3-7,15H,8-11H2,1-2H3,(H,18,19). The van der Waals surface area contributed by atoms with Crippen LogP contribution >= 0.6 is 0 Å². The third-order valence-electron chi connectivity index (χ3n) is 4.40. The summed E-state index contributed by atoms with van der Waals surface area (Å²) >= 11 is 0. The number of nitrogens with zero attached hydrogens (tertiary/aromatic N) is 2. The molecule has 0 atom stereocenters. The van der Waals surface area contributed by atoms with Crippen LogP contribution in [0, 0.1) is 13.8 Å². The fraction of sp³-hybridized carbons (Fsp3) is 0.412. The lowest BCUT2D eigenvalue weighted by Crippen LogP contribution is -2.38. The fourth-order valence-corrected chi connectivity index (χ4v) is 3.17. The van der Waals surface area contributed by atoms with Crippen molar-refractivity contribution in [3.8, 4) is 0 Å². The highest BCUT2D eigenvalue weighted by molar-refractivity contribution is 5.96. The number of H-pyrrole nitrogens is 1. The number of benzene rings is 1. The molecule has 21 heavy (non-hydrogen) atoms. The van der Waals surface area contributed by atoms with Gasteiger partial charge in [-0.25, -0.2) is 0 Å². The summed E-state index contributed by atoms with van der Waals surface area (Å²) in [6.07, 6.45) is 2.07. The van der Waals surface area contributed by atoms with Gasteiger partial charge in [-0.05, 0) is 38.2 Å². The molecule has 0 bridgehead atoms. The Morgan fingerprint density at radius 2 is 1.86 bits per heavy atom. The van der Waals surface area contributed by atoms with Gasteiger partial charge in [0.25, 0.3) is 5.91 Å². The van der Waals surface area contributed by atoms with Crippen LogP contribution in [0.2, 0.25) is 0 Å². The predicted molar refractivity (Wildman–Crippen MR) is 82.4 cm³/mol. The molecule has 1 fully saturated rings. The summed E-state index contributed by atoms with van der Waals surface area (Å²) in [5, 5.41) is 7.02. The first-order valence-corrected chi connectivity index (χ1v) is 7.52. The zero-order chi connectivity index (χ0) is 14.8. The number of likely N-dealkylation sites (tertiary alicyclic amines) is 1. The van der Waals surface area contributed by atoms with Gasteiger partial charge in [0.15, 0.2) is 0 Å². The molecule has 1 aliphatic heterocycles. The van der Waals surface area contributed by atoms with Crippen LogP contribution in [0.1, 0.15) is 46.1 Å². The van der Waals surface area contributed by atoms with Gasteiger partial charge in [0.05, 0.1) is 11.3 Å². The molecule has 4 heteroatoms. The predicted octanol–water partition coefficient (Wildman–Crippen LogP) is 3.05. The van der Waals surface area contributed by atoms with Crippen molar-refractivity contribution in [1.29, 1.82) is 0 Å². The van der Waals surface area contributed by atoms with E-state index in [4.69, 9.17) is 0 Å². The van der Waals surface area contributed by atoms with Gasteiger partial charge in [-0.3, -0.25) is 9.89 Å². The van der Waals surface area contributed by atoms with E-state index in [-0.39, 0.29) is 5.91 Å². The van der Waals surface area contributed by atoms with E-state index in [0.29, 0.717) is 5.92 Å². The molecule has 2 aromatic rings. The van der Waals surface area contributed by atoms with Gasteiger partial charge in [-0.1, -0.05) is 30.3 Å². The average molecular weight is 283 g/mol. The van der Waals surface area contributed by atoms with Crippen LogP contribution in [0.15, 0.2) is 30.3 Å². The van der Waals surface area contributed by atoms with Gasteiger partial charge >= 0.3 is 0 Å². The van der Waals surface area contributed by atoms with Crippen LogP contribution in [0.3, 0.4) is 0 Å². The number of aryl methyl sites for hydroxylation is 2. The van der Waals surface area contributed by atoms with E-state index < -0.39 is 0 Å². The van der Waals surface area contributed by atoms with Gasteiger partial charge in [0, 0.05) is 18.8 Å². The number of aromatic nitrogens is 2. The third-order valence-corrected chi connectivity index (χ3v) is 4.40. The van der Waals surface area contributed by atoms with Crippen molar-refractivity contribution >= 4 is 5.91 Å². The number of rotatable bonds is 2. The topological polar surface area (TPSA) is 49.0 Å². The lowest BCUT2D eigenvalue weighted by Gasteiger charge is -2.32. The van der Waals surface area contributed by atoms with Gasteiger partial charge in [-0.15, -0.1) is 0 Å². The molecule has 3 rings (SSSR count). The molecule has 1 saturated heterocycles. The van der Waals surface area contributed by atoms with Crippen LogP contribution in [-0.2, 0) is 0 Å². The maximum absolute atomic E-state index is 12.6. The first-order chi connectivity index (χ1) is 10.2. The number of carbonyl (C=O) groups excluding carboxylic acids is 1. The van der Waals surface area contributed by atoms with Crippen LogP contribution in [0.25, 0.3) is 0 Å². The fourth-order valence-electron chi connectivity index (χ4n) is 3.17. The number of amides is 1. The van der Waals surface area contributed by atoms with Crippen molar-refractivity contribution in [2.45, 2.75) is 32.6 Å². The molecule has 0 aliphatic carbocycles. The van der Waals surface area contributed by atoms with E-state index >= 15 is 0 Å². The average Bonchev–Trinajstić information content (AvgIpc) is 2.87. The van der Waals surface area contributed by atoms with Crippen molar-refractivity contribution < 1.29 is 4.79 Å². The summed E-state index contributed by atoms with van der Waals surface area (Å²) in [7, 11) is 0. The van der Waals surface area contributed by atoms with Crippen molar-refractivity contribution in [2.75, 3.05) is 13.1 Å². The van der Waals surface area contributed by atoms with Crippen molar-refractivity contribution in [1.82, 2.24) is 15.1 Å². The van der Waals surface area contributed by atoms with Gasteiger partial charge < -0.3 is 4.90 Å². The largest absolute Gasteiger partial charge is 0.338 e. The van der Waals surface area contributed by atoms with Gasteiger partial charge in [0.2, 0.25) is 0 Å². The summed E-state index contributed by atoms with van der Waals surface area (Å²) in [5.41, 5.74) is 3.79. The first kappa shape index (κ1) is 13.9. The highest BCUT2D eigenvalue weighted by Crippen LogP contribution is 2.28. The first-order valence-electron chi connectivity index (χ1n) is 7.52. The molecule has 1 aromatic carbocycles. The summed E-state index contributed by atoms with van der Waals surface area (Å²) in [4.78, 5) is 14.6. The molecule has 1 aliphatic rings. The Bertz CT molecular complexity index is 605. The molecule has 2 heterocycles. The van der Waals surface area contributed by atoms with Crippen LogP contribution < -0.4 is 0 Å². The Labute approximate surface area is 125 Å². The van der Waals surface area contributed by atoms with Crippen molar-refractivity contribution in [2.24, 2.45) is 0 Å². The minimum atomic E-state index is 0.116. The Kier molecular flexibility index (Phi) is 3.78. The normalized spacial score (nSPS) is 16.2. The maximum atomic E-state index is 12.6. The second-order valence-corrected chi connectivity index (χ2v) is 5.79. The zero-order valence-corrected chi connectivity index (χ0v) is 12.6. The second-order valence-electron chi connectivity index (χ2n) is 5.79. The van der Waals surface area contributed by atoms with Crippen LogP contribution in [-0.4, -0.2) is 34.1 Å². The molecule has 1 aromatic heterocycles. The Balaban J connectivity index is 1.68. The molecule has 1 amide bonds. The summed E-state index contributed by atoms with van der Waals surface area (Å²) < 4.78 is 0. The highest BCUT2D eigenvalue weighted by Gasteiger charge is 2.27. The van der Waals surface area contributed by atoms with Gasteiger partial charge in [-0.2, -0.15) is 5.10 Å². The molecule has 0 spiro atoms. The summed E-state index contributed by atoms with van der Waals surface area (Å²) in [6, 6.07) is 10.6. The Hall–Kier alpha value is -2.10. The lowest BCUT2D eigenvalue weighted by molar-refractivity contribution is 0.0711. The van der Waals surface area contributed by atoms with Crippen molar-refractivity contribution in [3.63, 3.8) is 0 Å². The minimum Gasteiger partial charge on any atom is -0.338 e. The Morgan fingerprint density at radius 1 is 1.19 bits per heavy atom. The maximum Gasteiger partial charge on any atom is 0.257 e. The number of piperidine rings is 1. The quantitative estimate of drug-likeness (QED) is 0.921. The van der Waals surface area contributed by atoms with E-state index in [1.54, 1.807) is 0 Å². The number of hydrogen-bond acceptors (Lipinski definition) is 2. The summed E-state index contributed by atoms with van der Waals surface area (Å²) in [5.74, 6) is 0.687. The van der Waals surface area contributed by atoms with E-state index in [9.17, 15) is 4.79 Å². The smallest absolute Gasteiger partial charge is 0.257 e. The summed E-state index contributed by atoms with van der Waals surface area (Å²) in [6.45, 7) is 5.43. The molecule has 0 saturated carbocycles. The van der Waals surface area contributed by atoms with E-state index in [0.717, 1.165) is 42.9 Å². The van der Waals surface area contributed by atoms with Crippen LogP contribution in [0.4, 0.5) is 0 Å². The third kappa shape index (κ3) is 2.71. The van der Waals surface area contributed by atoms with Crippen LogP contribution in [0.5, 0.6) is 0 Å². The lowest BCUT2D eigenvalue weighted by atomic mass is 9.89. The number of aromatic amines is 1. The molecule has 0 radical (unpaired) electrons. The number of nitrogens with one attached hydrogen (secondary N) is 1. The van der Waals surface area contributed by atoms with E-state index in [1.165, 1.54) is 5.56 Å². The number of hydrogen-bond donors (Lipinski definition) is 1. The molecule has 4 nitrogen and oxygen atoms in total. The minimum absolute atomic E-state index is 0.116. The number of carbonyl (C=O) groups is 1. The van der Waals surface area contributed by atoms with Crippen molar-refractivity contribution in [3.05, 3.63) is 52.8 Å². The molecule has 0 unspecified atom stereocenters. The van der Waals surface area contributed by atoms with Gasteiger partial charge in [0.1, 0.15) is 0 Å². The molecular formula is C17H21N3O. The monoisotopic (exact) mass is 283 g/mol. The SMILES string of the molecule is Cc1n[nH]c(C)c1C(=O)N1CCC(c2ccccc2)CC1. The molecule has 110 valence electrons. The second kappa shape index (κ2) is 5.72. The van der Waals surface area contributed by atoms with E-state index in [2.05, 4.69) is 34.5 Å². The zero-order valence-electron chi connectivity index (χ0n) is 12.6.